The summed E-state index contributed by atoms with van der Waals surface area (Å²) in [4.78, 5) is 17.3. The second-order valence-corrected chi connectivity index (χ2v) is 7.75. The van der Waals surface area contributed by atoms with Crippen molar-refractivity contribution in [1.82, 2.24) is 9.80 Å². The van der Waals surface area contributed by atoms with E-state index in [0.717, 1.165) is 44.5 Å². The zero-order valence-electron chi connectivity index (χ0n) is 14.7. The summed E-state index contributed by atoms with van der Waals surface area (Å²) >= 11 is 0. The van der Waals surface area contributed by atoms with Crippen molar-refractivity contribution in [3.63, 3.8) is 0 Å². The lowest BCUT2D eigenvalue weighted by molar-refractivity contribution is -0.0393. The molecule has 0 bridgehead atoms. The van der Waals surface area contributed by atoms with Crippen LogP contribution in [0, 0.1) is 6.92 Å². The third kappa shape index (κ3) is 3.09. The van der Waals surface area contributed by atoms with Crippen molar-refractivity contribution in [2.45, 2.75) is 50.7 Å². The van der Waals surface area contributed by atoms with Crippen molar-refractivity contribution in [2.24, 2.45) is 0 Å². The van der Waals surface area contributed by atoms with Crippen LogP contribution in [-0.4, -0.2) is 60.1 Å². The van der Waals surface area contributed by atoms with E-state index in [0.29, 0.717) is 6.04 Å². The summed E-state index contributed by atoms with van der Waals surface area (Å²) in [5, 5.41) is 0. The van der Waals surface area contributed by atoms with Crippen LogP contribution < -0.4 is 0 Å². The lowest BCUT2D eigenvalue weighted by atomic mass is 9.87. The van der Waals surface area contributed by atoms with Crippen LogP contribution in [0.25, 0.3) is 0 Å². The van der Waals surface area contributed by atoms with Gasteiger partial charge in [-0.2, -0.15) is 0 Å². The standard InChI is InChI=1S/C20H28N2O2/c1-16-4-6-17(7-5-16)19(23)22-12-8-20(9-13-22)14-18(15-24-20)21-10-2-3-11-21/h4-7,18H,2-3,8-15H2,1H3/t18-/m0/s1. The van der Waals surface area contributed by atoms with E-state index in [1.54, 1.807) is 0 Å². The topological polar surface area (TPSA) is 32.8 Å². The number of likely N-dealkylation sites (tertiary alicyclic amines) is 2. The normalized spacial score (nSPS) is 27.0. The molecule has 1 spiro atoms. The summed E-state index contributed by atoms with van der Waals surface area (Å²) in [6.07, 6.45) is 5.79. The van der Waals surface area contributed by atoms with Crippen LogP contribution in [0.4, 0.5) is 0 Å². The van der Waals surface area contributed by atoms with Gasteiger partial charge in [0.2, 0.25) is 0 Å². The molecule has 3 heterocycles. The molecule has 0 aromatic heterocycles. The minimum atomic E-state index is 0.0251. The molecule has 0 radical (unpaired) electrons. The van der Waals surface area contributed by atoms with Gasteiger partial charge in [-0.3, -0.25) is 9.69 Å². The first-order valence-corrected chi connectivity index (χ1v) is 9.39. The molecule has 1 aromatic carbocycles. The summed E-state index contributed by atoms with van der Waals surface area (Å²) in [5.74, 6) is 0.166. The highest BCUT2D eigenvalue weighted by atomic mass is 16.5. The molecular formula is C20H28N2O2. The molecule has 4 rings (SSSR count). The number of aryl methyl sites for hydroxylation is 1. The van der Waals surface area contributed by atoms with Gasteiger partial charge in [0.25, 0.3) is 5.91 Å². The van der Waals surface area contributed by atoms with E-state index in [1.807, 2.05) is 36.1 Å². The molecule has 130 valence electrons. The van der Waals surface area contributed by atoms with Crippen molar-refractivity contribution in [3.05, 3.63) is 35.4 Å². The quantitative estimate of drug-likeness (QED) is 0.837. The average Bonchev–Trinajstić information content (AvgIpc) is 3.26. The lowest BCUT2D eigenvalue weighted by Crippen LogP contribution is -2.47. The molecule has 3 fully saturated rings. The summed E-state index contributed by atoms with van der Waals surface area (Å²) in [6.45, 7) is 7.04. The fourth-order valence-corrected chi connectivity index (χ4v) is 4.51. The predicted octanol–water partition coefficient (Wildman–Crippen LogP) is 2.85. The van der Waals surface area contributed by atoms with Crippen LogP contribution in [0.1, 0.15) is 48.0 Å². The van der Waals surface area contributed by atoms with E-state index < -0.39 is 0 Å². The number of benzene rings is 1. The monoisotopic (exact) mass is 328 g/mol. The van der Waals surface area contributed by atoms with Crippen molar-refractivity contribution in [1.29, 1.82) is 0 Å². The third-order valence-electron chi connectivity index (χ3n) is 6.11. The van der Waals surface area contributed by atoms with Gasteiger partial charge in [-0.25, -0.2) is 0 Å². The van der Waals surface area contributed by atoms with Gasteiger partial charge in [-0.05, 0) is 64.3 Å². The Hall–Kier alpha value is -1.39. The van der Waals surface area contributed by atoms with E-state index in [1.165, 1.54) is 31.5 Å². The van der Waals surface area contributed by atoms with Crippen LogP contribution in [-0.2, 0) is 4.74 Å². The van der Waals surface area contributed by atoms with Gasteiger partial charge in [-0.15, -0.1) is 0 Å². The SMILES string of the molecule is Cc1ccc(C(=O)N2CCC3(CC2)C[C@H](N2CCCC2)CO3)cc1. The Labute approximate surface area is 144 Å². The molecule has 1 aromatic rings. The Balaban J connectivity index is 1.35. The molecule has 4 heteroatoms. The number of carbonyl (C=O) groups excluding carboxylic acids is 1. The first kappa shape index (κ1) is 16.1. The highest BCUT2D eigenvalue weighted by molar-refractivity contribution is 5.94. The van der Waals surface area contributed by atoms with Gasteiger partial charge < -0.3 is 9.64 Å². The third-order valence-corrected chi connectivity index (χ3v) is 6.11. The zero-order chi connectivity index (χ0) is 16.6. The number of hydrogen-bond acceptors (Lipinski definition) is 3. The minimum absolute atomic E-state index is 0.0251. The second kappa shape index (κ2) is 6.49. The molecule has 24 heavy (non-hydrogen) atoms. The number of carbonyl (C=O) groups is 1. The molecule has 3 saturated heterocycles. The Kier molecular flexibility index (Phi) is 4.35. The smallest absolute Gasteiger partial charge is 0.253 e. The van der Waals surface area contributed by atoms with Crippen LogP contribution in [0.15, 0.2) is 24.3 Å². The molecule has 3 aliphatic rings. The van der Waals surface area contributed by atoms with Gasteiger partial charge >= 0.3 is 0 Å². The van der Waals surface area contributed by atoms with Crippen LogP contribution in [0.3, 0.4) is 0 Å². The van der Waals surface area contributed by atoms with Crippen molar-refractivity contribution >= 4 is 5.91 Å². The van der Waals surface area contributed by atoms with E-state index >= 15 is 0 Å². The summed E-state index contributed by atoms with van der Waals surface area (Å²) in [5.41, 5.74) is 2.02. The molecule has 0 N–H and O–H groups in total. The Morgan fingerprint density at radius 3 is 2.42 bits per heavy atom. The van der Waals surface area contributed by atoms with Gasteiger partial charge in [0.05, 0.1) is 12.2 Å². The summed E-state index contributed by atoms with van der Waals surface area (Å²) in [6, 6.07) is 8.51. The fourth-order valence-electron chi connectivity index (χ4n) is 4.51. The van der Waals surface area contributed by atoms with Crippen LogP contribution in [0.5, 0.6) is 0 Å². The molecule has 1 amide bonds. The van der Waals surface area contributed by atoms with Gasteiger partial charge in [0, 0.05) is 24.7 Å². The largest absolute Gasteiger partial charge is 0.373 e. The highest BCUT2D eigenvalue weighted by Gasteiger charge is 2.45. The molecule has 3 aliphatic heterocycles. The maximum Gasteiger partial charge on any atom is 0.253 e. The Bertz CT molecular complexity index is 584. The number of amides is 1. The number of nitrogens with zero attached hydrogens (tertiary/aromatic N) is 2. The predicted molar refractivity (Wildman–Crippen MR) is 94.2 cm³/mol. The number of ether oxygens (including phenoxy) is 1. The molecule has 0 unspecified atom stereocenters. The van der Waals surface area contributed by atoms with Gasteiger partial charge in [0.15, 0.2) is 0 Å². The van der Waals surface area contributed by atoms with Gasteiger partial charge in [0.1, 0.15) is 0 Å². The lowest BCUT2D eigenvalue weighted by Gasteiger charge is -2.39. The second-order valence-electron chi connectivity index (χ2n) is 7.75. The first-order valence-electron chi connectivity index (χ1n) is 9.39. The summed E-state index contributed by atoms with van der Waals surface area (Å²) < 4.78 is 6.28. The molecular weight excluding hydrogens is 300 g/mol. The van der Waals surface area contributed by atoms with Crippen LogP contribution in [0.2, 0.25) is 0 Å². The number of piperidine rings is 1. The maximum absolute atomic E-state index is 12.7. The van der Waals surface area contributed by atoms with E-state index in [4.69, 9.17) is 4.74 Å². The first-order chi connectivity index (χ1) is 11.7. The minimum Gasteiger partial charge on any atom is -0.373 e. The van der Waals surface area contributed by atoms with E-state index in [2.05, 4.69) is 4.90 Å². The van der Waals surface area contributed by atoms with Crippen molar-refractivity contribution in [2.75, 3.05) is 32.8 Å². The fraction of sp³-hybridized carbons (Fsp3) is 0.650. The van der Waals surface area contributed by atoms with Gasteiger partial charge in [-0.1, -0.05) is 17.7 Å². The average molecular weight is 328 g/mol. The van der Waals surface area contributed by atoms with Crippen LogP contribution >= 0.6 is 0 Å². The van der Waals surface area contributed by atoms with E-state index in [-0.39, 0.29) is 11.5 Å². The van der Waals surface area contributed by atoms with E-state index in [9.17, 15) is 4.79 Å². The maximum atomic E-state index is 12.7. The van der Waals surface area contributed by atoms with Crippen molar-refractivity contribution < 1.29 is 9.53 Å². The zero-order valence-corrected chi connectivity index (χ0v) is 14.7. The molecule has 4 nitrogen and oxygen atoms in total. The van der Waals surface area contributed by atoms with Crippen molar-refractivity contribution in [3.8, 4) is 0 Å². The number of hydrogen-bond donors (Lipinski definition) is 0. The molecule has 0 aliphatic carbocycles. The Morgan fingerprint density at radius 1 is 1.08 bits per heavy atom. The highest BCUT2D eigenvalue weighted by Crippen LogP contribution is 2.38. The molecule has 0 saturated carbocycles. The number of rotatable bonds is 2. The summed E-state index contributed by atoms with van der Waals surface area (Å²) in [7, 11) is 0. The Morgan fingerprint density at radius 2 is 1.75 bits per heavy atom. The molecule has 1 atom stereocenters.